The summed E-state index contributed by atoms with van der Waals surface area (Å²) >= 11 is 0. The standard InChI is InChI=1S/C19H24N2O3/c1-18(23,16-9-5-12-24-16)13-20-17(22)21-14-19(10-6-11-19)15-7-3-2-4-8-15/h2-5,7-9,12,23H,6,10-11,13-14H2,1H3,(H2,20,21,22). The SMILES string of the molecule is CC(O)(CNC(=O)NCC1(c2ccccc2)CCC1)c1ccco1. The van der Waals surface area contributed by atoms with Crippen LogP contribution in [0, 0.1) is 0 Å². The van der Waals surface area contributed by atoms with Crippen LogP contribution < -0.4 is 10.6 Å². The maximum absolute atomic E-state index is 12.1. The fourth-order valence-corrected chi connectivity index (χ4v) is 3.20. The highest BCUT2D eigenvalue weighted by Gasteiger charge is 2.38. The summed E-state index contributed by atoms with van der Waals surface area (Å²) in [5.41, 5.74) is 0.0930. The number of aliphatic hydroxyl groups is 1. The first-order valence-corrected chi connectivity index (χ1v) is 8.35. The normalized spacial score (nSPS) is 18.2. The lowest BCUT2D eigenvalue weighted by atomic mass is 9.64. The summed E-state index contributed by atoms with van der Waals surface area (Å²) in [6.45, 7) is 2.31. The van der Waals surface area contributed by atoms with Gasteiger partial charge in [-0.05, 0) is 37.5 Å². The van der Waals surface area contributed by atoms with Gasteiger partial charge in [0.1, 0.15) is 11.4 Å². The van der Waals surface area contributed by atoms with E-state index in [0.717, 1.165) is 12.8 Å². The molecule has 1 saturated carbocycles. The molecule has 128 valence electrons. The van der Waals surface area contributed by atoms with E-state index in [2.05, 4.69) is 22.8 Å². The van der Waals surface area contributed by atoms with Gasteiger partial charge in [0, 0.05) is 12.0 Å². The Balaban J connectivity index is 1.52. The summed E-state index contributed by atoms with van der Waals surface area (Å²) in [6.07, 6.45) is 4.86. The van der Waals surface area contributed by atoms with Gasteiger partial charge in [-0.2, -0.15) is 0 Å². The highest BCUT2D eigenvalue weighted by Crippen LogP contribution is 2.43. The number of carbonyl (C=O) groups excluding carboxylic acids is 1. The van der Waals surface area contributed by atoms with Crippen molar-refractivity contribution in [1.82, 2.24) is 10.6 Å². The van der Waals surface area contributed by atoms with E-state index >= 15 is 0 Å². The molecule has 1 aromatic carbocycles. The largest absolute Gasteiger partial charge is 0.466 e. The predicted octanol–water partition coefficient (Wildman–Crippen LogP) is 2.91. The summed E-state index contributed by atoms with van der Waals surface area (Å²) in [5, 5.41) is 16.0. The Hall–Kier alpha value is -2.27. The van der Waals surface area contributed by atoms with Crippen molar-refractivity contribution in [2.24, 2.45) is 0 Å². The molecule has 1 heterocycles. The average Bonchev–Trinajstić information content (AvgIpc) is 3.08. The average molecular weight is 328 g/mol. The minimum absolute atomic E-state index is 0.0438. The molecule has 1 atom stereocenters. The smallest absolute Gasteiger partial charge is 0.314 e. The zero-order valence-corrected chi connectivity index (χ0v) is 13.9. The summed E-state index contributed by atoms with van der Waals surface area (Å²) in [7, 11) is 0. The highest BCUT2D eigenvalue weighted by atomic mass is 16.4. The van der Waals surface area contributed by atoms with Crippen LogP contribution in [-0.4, -0.2) is 24.2 Å². The third-order valence-corrected chi connectivity index (χ3v) is 4.93. The van der Waals surface area contributed by atoms with Crippen LogP contribution in [0.25, 0.3) is 0 Å². The lowest BCUT2D eigenvalue weighted by Gasteiger charge is -2.42. The molecule has 3 N–H and O–H groups in total. The van der Waals surface area contributed by atoms with E-state index in [-0.39, 0.29) is 18.0 Å². The molecule has 0 saturated heterocycles. The Morgan fingerprint density at radius 1 is 1.21 bits per heavy atom. The molecule has 3 rings (SSSR count). The molecule has 1 aromatic heterocycles. The number of rotatable bonds is 6. The maximum atomic E-state index is 12.1. The van der Waals surface area contributed by atoms with Gasteiger partial charge in [0.25, 0.3) is 0 Å². The Morgan fingerprint density at radius 2 is 1.96 bits per heavy atom. The van der Waals surface area contributed by atoms with Crippen LogP contribution in [0.2, 0.25) is 0 Å². The Labute approximate surface area is 142 Å². The lowest BCUT2D eigenvalue weighted by Crippen LogP contribution is -2.50. The molecule has 5 heteroatoms. The van der Waals surface area contributed by atoms with Gasteiger partial charge >= 0.3 is 6.03 Å². The first-order valence-electron chi connectivity index (χ1n) is 8.35. The van der Waals surface area contributed by atoms with E-state index in [4.69, 9.17) is 4.42 Å². The van der Waals surface area contributed by atoms with Gasteiger partial charge in [-0.1, -0.05) is 36.8 Å². The van der Waals surface area contributed by atoms with Gasteiger partial charge in [-0.3, -0.25) is 0 Å². The highest BCUT2D eigenvalue weighted by molar-refractivity contribution is 5.74. The lowest BCUT2D eigenvalue weighted by molar-refractivity contribution is 0.0366. The first kappa shape index (κ1) is 16.6. The van der Waals surface area contributed by atoms with Crippen LogP contribution in [0.15, 0.2) is 53.1 Å². The topological polar surface area (TPSA) is 74.5 Å². The number of urea groups is 1. The molecule has 24 heavy (non-hydrogen) atoms. The second kappa shape index (κ2) is 6.69. The number of nitrogens with one attached hydrogen (secondary N) is 2. The van der Waals surface area contributed by atoms with Crippen molar-refractivity contribution in [2.75, 3.05) is 13.1 Å². The van der Waals surface area contributed by atoms with Crippen LogP contribution in [0.1, 0.15) is 37.5 Å². The van der Waals surface area contributed by atoms with E-state index < -0.39 is 5.60 Å². The summed E-state index contributed by atoms with van der Waals surface area (Å²) in [5.74, 6) is 0.433. The Morgan fingerprint density at radius 3 is 2.54 bits per heavy atom. The van der Waals surface area contributed by atoms with Gasteiger partial charge in [-0.25, -0.2) is 4.79 Å². The van der Waals surface area contributed by atoms with Crippen LogP contribution in [0.4, 0.5) is 4.79 Å². The summed E-state index contributed by atoms with van der Waals surface area (Å²) in [4.78, 5) is 12.1. The van der Waals surface area contributed by atoms with Crippen molar-refractivity contribution in [3.8, 4) is 0 Å². The maximum Gasteiger partial charge on any atom is 0.314 e. The second-order valence-corrected chi connectivity index (χ2v) is 6.79. The molecule has 1 fully saturated rings. The minimum atomic E-state index is -1.23. The molecule has 1 aliphatic carbocycles. The van der Waals surface area contributed by atoms with Gasteiger partial charge in [0.05, 0.1) is 12.8 Å². The number of hydrogen-bond acceptors (Lipinski definition) is 3. The van der Waals surface area contributed by atoms with Crippen LogP contribution >= 0.6 is 0 Å². The van der Waals surface area contributed by atoms with Crippen molar-refractivity contribution in [3.05, 3.63) is 60.1 Å². The predicted molar refractivity (Wildman–Crippen MR) is 91.7 cm³/mol. The van der Waals surface area contributed by atoms with Crippen LogP contribution in [0.3, 0.4) is 0 Å². The minimum Gasteiger partial charge on any atom is -0.466 e. The quantitative estimate of drug-likeness (QED) is 0.763. The number of furan rings is 1. The molecule has 0 radical (unpaired) electrons. The van der Waals surface area contributed by atoms with E-state index in [0.29, 0.717) is 12.3 Å². The van der Waals surface area contributed by atoms with E-state index in [1.165, 1.54) is 18.2 Å². The molecule has 2 aromatic rings. The monoisotopic (exact) mass is 328 g/mol. The molecule has 1 unspecified atom stereocenters. The van der Waals surface area contributed by atoms with Crippen molar-refractivity contribution >= 4 is 6.03 Å². The van der Waals surface area contributed by atoms with Crippen molar-refractivity contribution in [1.29, 1.82) is 0 Å². The molecular weight excluding hydrogens is 304 g/mol. The third kappa shape index (κ3) is 3.46. The summed E-state index contributed by atoms with van der Waals surface area (Å²) < 4.78 is 5.21. The zero-order valence-electron chi connectivity index (χ0n) is 13.9. The molecule has 2 amide bonds. The number of carbonyl (C=O) groups is 1. The Kier molecular flexibility index (Phi) is 4.62. The van der Waals surface area contributed by atoms with Crippen molar-refractivity contribution in [3.63, 3.8) is 0 Å². The number of benzene rings is 1. The molecule has 0 aliphatic heterocycles. The van der Waals surface area contributed by atoms with E-state index in [9.17, 15) is 9.90 Å². The first-order chi connectivity index (χ1) is 11.5. The number of amides is 2. The summed E-state index contributed by atoms with van der Waals surface area (Å²) in [6, 6.07) is 13.5. The van der Waals surface area contributed by atoms with Crippen molar-refractivity contribution < 1.29 is 14.3 Å². The molecule has 0 bridgehead atoms. The fourth-order valence-electron chi connectivity index (χ4n) is 3.20. The van der Waals surface area contributed by atoms with Crippen molar-refractivity contribution in [2.45, 2.75) is 37.2 Å². The second-order valence-electron chi connectivity index (χ2n) is 6.79. The van der Waals surface area contributed by atoms with Crippen LogP contribution in [-0.2, 0) is 11.0 Å². The van der Waals surface area contributed by atoms with Crippen LogP contribution in [0.5, 0.6) is 0 Å². The Bertz CT molecular complexity index is 661. The van der Waals surface area contributed by atoms with E-state index in [1.807, 2.05) is 18.2 Å². The molecule has 0 spiro atoms. The van der Waals surface area contributed by atoms with Gasteiger partial charge in [-0.15, -0.1) is 0 Å². The van der Waals surface area contributed by atoms with E-state index in [1.54, 1.807) is 19.1 Å². The third-order valence-electron chi connectivity index (χ3n) is 4.93. The van der Waals surface area contributed by atoms with Gasteiger partial charge in [0.15, 0.2) is 0 Å². The van der Waals surface area contributed by atoms with Gasteiger partial charge in [0.2, 0.25) is 0 Å². The molecular formula is C19H24N2O3. The molecule has 5 nitrogen and oxygen atoms in total. The van der Waals surface area contributed by atoms with Gasteiger partial charge < -0.3 is 20.2 Å². The number of hydrogen-bond donors (Lipinski definition) is 3. The molecule has 1 aliphatic rings. The fraction of sp³-hybridized carbons (Fsp3) is 0.421. The zero-order chi connectivity index (χ0) is 17.0.